The average Bonchev–Trinajstić information content (AvgIpc) is 3.02. The number of nitrogens with one attached hydrogen (secondary N) is 1. The number of carbonyl (C=O) groups is 2. The van der Waals surface area contributed by atoms with Gasteiger partial charge in [0, 0.05) is 6.42 Å². The molecule has 112 valence electrons. The molecule has 0 aliphatic carbocycles. The number of amides is 1. The quantitative estimate of drug-likeness (QED) is 0.734. The van der Waals surface area contributed by atoms with E-state index in [1.807, 2.05) is 30.3 Å². The Kier molecular flexibility index (Phi) is 4.89. The van der Waals surface area contributed by atoms with Crippen LogP contribution in [-0.4, -0.2) is 48.6 Å². The Labute approximate surface area is 121 Å². The topological polar surface area (TPSA) is 97.2 Å². The molecule has 0 spiro atoms. The summed E-state index contributed by atoms with van der Waals surface area (Å²) in [5.41, 5.74) is 1.58. The number of carbonyl (C=O) groups excluding carboxylic acids is 2. The predicted molar refractivity (Wildman–Crippen MR) is 73.5 cm³/mol. The molecule has 0 radical (unpaired) electrons. The fourth-order valence-electron chi connectivity index (χ4n) is 1.85. The molecule has 1 aliphatic heterocycles. The van der Waals surface area contributed by atoms with Gasteiger partial charge < -0.3 is 20.0 Å². The summed E-state index contributed by atoms with van der Waals surface area (Å²) in [7, 11) is 1.16. The molecule has 1 heterocycles. The molecule has 0 saturated heterocycles. The highest BCUT2D eigenvalue weighted by Crippen LogP contribution is 2.16. The van der Waals surface area contributed by atoms with Crippen LogP contribution in [-0.2, 0) is 19.2 Å². The van der Waals surface area contributed by atoms with Crippen molar-refractivity contribution >= 4 is 17.6 Å². The third-order valence-corrected chi connectivity index (χ3v) is 3.01. The van der Waals surface area contributed by atoms with Crippen LogP contribution >= 0.6 is 0 Å². The Bertz CT molecular complexity index is 544. The van der Waals surface area contributed by atoms with Crippen LogP contribution in [0, 0.1) is 0 Å². The summed E-state index contributed by atoms with van der Waals surface area (Å²) in [4.78, 5) is 27.9. The van der Waals surface area contributed by atoms with Gasteiger partial charge in [-0.2, -0.15) is 0 Å². The summed E-state index contributed by atoms with van der Waals surface area (Å²) in [5.74, 6) is -1.24. The molecule has 1 aromatic rings. The fraction of sp³-hybridized carbons (Fsp3) is 0.357. The first-order chi connectivity index (χ1) is 10.1. The monoisotopic (exact) mass is 292 g/mol. The number of rotatable bonds is 5. The summed E-state index contributed by atoms with van der Waals surface area (Å²) in [6.45, 7) is -0.230. The van der Waals surface area contributed by atoms with Gasteiger partial charge in [0.25, 0.3) is 5.91 Å². The van der Waals surface area contributed by atoms with E-state index in [1.165, 1.54) is 0 Å². The number of aliphatic hydroxyl groups is 1. The highest BCUT2D eigenvalue weighted by Gasteiger charge is 2.29. The Morgan fingerprint density at radius 3 is 2.86 bits per heavy atom. The maximum Gasteiger partial charge on any atom is 0.336 e. The molecule has 0 bridgehead atoms. The van der Waals surface area contributed by atoms with Crippen LogP contribution in [0.2, 0.25) is 0 Å². The first-order valence-electron chi connectivity index (χ1n) is 6.43. The zero-order chi connectivity index (χ0) is 15.2. The number of hydrogen-bond acceptors (Lipinski definition) is 6. The second kappa shape index (κ2) is 6.85. The molecular weight excluding hydrogens is 276 g/mol. The molecule has 21 heavy (non-hydrogen) atoms. The van der Waals surface area contributed by atoms with Crippen LogP contribution in [0.1, 0.15) is 12.0 Å². The van der Waals surface area contributed by atoms with Gasteiger partial charge in [-0.15, -0.1) is 0 Å². The van der Waals surface area contributed by atoms with Gasteiger partial charge in [-0.05, 0) is 5.56 Å². The standard InChI is InChI=1S/C14H16N2O5/c1-20-14(19)11(17)8-15-13(18)12-7-10(16-21-12)9-5-3-2-4-6-9/h2-6,11-12,17H,7-8H2,1H3,(H,15,18). The minimum absolute atomic E-state index is 0.230. The lowest BCUT2D eigenvalue weighted by Crippen LogP contribution is -2.42. The number of ether oxygens (including phenoxy) is 1. The molecule has 2 N–H and O–H groups in total. The van der Waals surface area contributed by atoms with Gasteiger partial charge in [0.05, 0.1) is 19.4 Å². The number of esters is 1. The first kappa shape index (κ1) is 15.0. The SMILES string of the molecule is COC(=O)C(O)CNC(=O)C1CC(c2ccccc2)=NO1. The van der Waals surface area contributed by atoms with Gasteiger partial charge in [-0.25, -0.2) is 4.79 Å². The Morgan fingerprint density at radius 1 is 1.48 bits per heavy atom. The van der Waals surface area contributed by atoms with Gasteiger partial charge in [-0.3, -0.25) is 4.79 Å². The van der Waals surface area contributed by atoms with E-state index in [9.17, 15) is 14.7 Å². The minimum atomic E-state index is -1.39. The molecule has 0 aromatic heterocycles. The lowest BCUT2D eigenvalue weighted by atomic mass is 10.0. The van der Waals surface area contributed by atoms with Crippen molar-refractivity contribution in [3.63, 3.8) is 0 Å². The highest BCUT2D eigenvalue weighted by molar-refractivity contribution is 6.04. The summed E-state index contributed by atoms with van der Waals surface area (Å²) >= 11 is 0. The Hall–Kier alpha value is -2.41. The predicted octanol–water partition coefficient (Wildman–Crippen LogP) is -0.170. The molecule has 7 heteroatoms. The van der Waals surface area contributed by atoms with E-state index in [2.05, 4.69) is 15.2 Å². The van der Waals surface area contributed by atoms with E-state index >= 15 is 0 Å². The van der Waals surface area contributed by atoms with E-state index in [4.69, 9.17) is 4.84 Å². The number of benzene rings is 1. The van der Waals surface area contributed by atoms with E-state index in [0.717, 1.165) is 12.7 Å². The number of aliphatic hydroxyl groups excluding tert-OH is 1. The lowest BCUT2D eigenvalue weighted by Gasteiger charge is -2.12. The van der Waals surface area contributed by atoms with E-state index in [0.29, 0.717) is 12.1 Å². The zero-order valence-corrected chi connectivity index (χ0v) is 11.5. The van der Waals surface area contributed by atoms with Crippen molar-refractivity contribution in [2.75, 3.05) is 13.7 Å². The number of methoxy groups -OCH3 is 1. The third kappa shape index (κ3) is 3.79. The summed E-state index contributed by atoms with van der Waals surface area (Å²) in [5, 5.41) is 15.7. The third-order valence-electron chi connectivity index (χ3n) is 3.01. The molecule has 2 unspecified atom stereocenters. The second-order valence-electron chi connectivity index (χ2n) is 4.49. The zero-order valence-electron chi connectivity index (χ0n) is 11.5. The van der Waals surface area contributed by atoms with Crippen molar-refractivity contribution in [3.05, 3.63) is 35.9 Å². The smallest absolute Gasteiger partial charge is 0.336 e. The van der Waals surface area contributed by atoms with Crippen LogP contribution in [0.5, 0.6) is 0 Å². The fourth-order valence-corrected chi connectivity index (χ4v) is 1.85. The minimum Gasteiger partial charge on any atom is -0.467 e. The molecule has 1 aliphatic rings. The van der Waals surface area contributed by atoms with E-state index in [1.54, 1.807) is 0 Å². The molecule has 1 amide bonds. The summed E-state index contributed by atoms with van der Waals surface area (Å²) < 4.78 is 4.35. The number of hydrogen-bond donors (Lipinski definition) is 2. The van der Waals surface area contributed by atoms with Crippen molar-refractivity contribution in [1.82, 2.24) is 5.32 Å². The average molecular weight is 292 g/mol. The van der Waals surface area contributed by atoms with Crippen LogP contribution in [0.3, 0.4) is 0 Å². The van der Waals surface area contributed by atoms with Crippen molar-refractivity contribution in [1.29, 1.82) is 0 Å². The van der Waals surface area contributed by atoms with Crippen molar-refractivity contribution < 1.29 is 24.3 Å². The normalized spacial score (nSPS) is 18.4. The van der Waals surface area contributed by atoms with Gasteiger partial charge in [0.1, 0.15) is 0 Å². The van der Waals surface area contributed by atoms with Gasteiger partial charge in [0.15, 0.2) is 6.10 Å². The molecule has 1 aromatic carbocycles. The summed E-state index contributed by atoms with van der Waals surface area (Å²) in [6.07, 6.45) is -1.82. The second-order valence-corrected chi connectivity index (χ2v) is 4.49. The van der Waals surface area contributed by atoms with E-state index < -0.39 is 24.1 Å². The molecule has 0 saturated carbocycles. The van der Waals surface area contributed by atoms with Gasteiger partial charge in [0.2, 0.25) is 6.10 Å². The van der Waals surface area contributed by atoms with Crippen molar-refractivity contribution in [3.8, 4) is 0 Å². The molecule has 2 atom stereocenters. The highest BCUT2D eigenvalue weighted by atomic mass is 16.6. The Morgan fingerprint density at radius 2 is 2.19 bits per heavy atom. The molecule has 7 nitrogen and oxygen atoms in total. The number of oxime groups is 1. The van der Waals surface area contributed by atoms with Crippen LogP contribution in [0.4, 0.5) is 0 Å². The summed E-state index contributed by atoms with van der Waals surface area (Å²) in [6, 6.07) is 9.39. The van der Waals surface area contributed by atoms with Crippen LogP contribution < -0.4 is 5.32 Å². The van der Waals surface area contributed by atoms with Crippen LogP contribution in [0.25, 0.3) is 0 Å². The van der Waals surface area contributed by atoms with Crippen molar-refractivity contribution in [2.24, 2.45) is 5.16 Å². The number of nitrogens with zero attached hydrogens (tertiary/aromatic N) is 1. The molecule has 0 fully saturated rings. The van der Waals surface area contributed by atoms with Gasteiger partial charge >= 0.3 is 5.97 Å². The molecule has 2 rings (SSSR count). The molecular formula is C14H16N2O5. The Balaban J connectivity index is 1.83. The maximum absolute atomic E-state index is 11.9. The largest absolute Gasteiger partial charge is 0.467 e. The maximum atomic E-state index is 11.9. The van der Waals surface area contributed by atoms with Crippen LogP contribution in [0.15, 0.2) is 35.5 Å². The first-order valence-corrected chi connectivity index (χ1v) is 6.43. The van der Waals surface area contributed by atoms with E-state index in [-0.39, 0.29) is 6.54 Å². The van der Waals surface area contributed by atoms with Gasteiger partial charge in [-0.1, -0.05) is 35.5 Å². The van der Waals surface area contributed by atoms with Crippen molar-refractivity contribution in [2.45, 2.75) is 18.6 Å². The lowest BCUT2D eigenvalue weighted by molar-refractivity contribution is -0.150.